The molecule has 1 aliphatic rings. The molecule has 0 saturated carbocycles. The van der Waals surface area contributed by atoms with Gasteiger partial charge in [-0.05, 0) is 31.2 Å². The molecule has 0 spiro atoms. The highest BCUT2D eigenvalue weighted by Crippen LogP contribution is 2.21. The first-order valence-electron chi connectivity index (χ1n) is 6.77. The maximum absolute atomic E-state index is 4.45. The van der Waals surface area contributed by atoms with Gasteiger partial charge in [0.2, 0.25) is 0 Å². The van der Waals surface area contributed by atoms with E-state index in [0.717, 1.165) is 5.69 Å². The Morgan fingerprint density at radius 3 is 2.95 bits per heavy atom. The van der Waals surface area contributed by atoms with Crippen molar-refractivity contribution in [2.75, 3.05) is 11.5 Å². The Bertz CT molecular complexity index is 517. The monoisotopic (exact) mass is 273 g/mol. The molecule has 2 unspecified atom stereocenters. The van der Waals surface area contributed by atoms with Crippen LogP contribution in [0.15, 0.2) is 42.7 Å². The fourth-order valence-electron chi connectivity index (χ4n) is 2.40. The zero-order chi connectivity index (χ0) is 13.1. The van der Waals surface area contributed by atoms with Gasteiger partial charge in [-0.2, -0.15) is 16.9 Å². The lowest BCUT2D eigenvalue weighted by atomic mass is 10.1. The van der Waals surface area contributed by atoms with Gasteiger partial charge < -0.3 is 5.32 Å². The zero-order valence-corrected chi connectivity index (χ0v) is 11.9. The number of thioether (sulfide) groups is 1. The number of nitrogens with zero attached hydrogens (tertiary/aromatic N) is 2. The number of para-hydroxylation sites is 1. The summed E-state index contributed by atoms with van der Waals surface area (Å²) < 4.78 is 1.94. The van der Waals surface area contributed by atoms with Gasteiger partial charge in [0, 0.05) is 29.6 Å². The first-order valence-corrected chi connectivity index (χ1v) is 7.92. The molecule has 1 aliphatic heterocycles. The minimum absolute atomic E-state index is 0.362. The standard InChI is InChI=1S/C15H19N3S/c1-12(17-14-7-8-19-11-14)13-9-16-18(10-13)15-5-3-2-4-6-15/h2-6,9-10,12,14,17H,7-8,11H2,1H3. The summed E-state index contributed by atoms with van der Waals surface area (Å²) in [5.74, 6) is 2.52. The maximum atomic E-state index is 4.45. The van der Waals surface area contributed by atoms with Gasteiger partial charge >= 0.3 is 0 Å². The zero-order valence-electron chi connectivity index (χ0n) is 11.1. The second-order valence-corrected chi connectivity index (χ2v) is 6.15. The van der Waals surface area contributed by atoms with Gasteiger partial charge in [-0.15, -0.1) is 0 Å². The molecule has 1 N–H and O–H groups in total. The van der Waals surface area contributed by atoms with E-state index in [1.165, 1.54) is 23.5 Å². The minimum Gasteiger partial charge on any atom is -0.306 e. The normalized spacial score (nSPS) is 20.6. The summed E-state index contributed by atoms with van der Waals surface area (Å²) >= 11 is 2.04. The van der Waals surface area contributed by atoms with Crippen molar-refractivity contribution in [2.45, 2.75) is 25.4 Å². The van der Waals surface area contributed by atoms with Gasteiger partial charge in [0.15, 0.2) is 0 Å². The fraction of sp³-hybridized carbons (Fsp3) is 0.400. The van der Waals surface area contributed by atoms with Crippen LogP contribution in [0.4, 0.5) is 0 Å². The van der Waals surface area contributed by atoms with Crippen LogP contribution in [0.25, 0.3) is 5.69 Å². The van der Waals surface area contributed by atoms with E-state index in [2.05, 4.69) is 35.7 Å². The summed E-state index contributed by atoms with van der Waals surface area (Å²) in [7, 11) is 0. The van der Waals surface area contributed by atoms with E-state index in [1.807, 2.05) is 40.8 Å². The molecule has 0 aliphatic carbocycles. The van der Waals surface area contributed by atoms with Gasteiger partial charge in [-0.3, -0.25) is 0 Å². The van der Waals surface area contributed by atoms with Crippen LogP contribution in [-0.2, 0) is 0 Å². The number of hydrogen-bond acceptors (Lipinski definition) is 3. The van der Waals surface area contributed by atoms with Gasteiger partial charge in [0.05, 0.1) is 11.9 Å². The number of nitrogens with one attached hydrogen (secondary N) is 1. The Morgan fingerprint density at radius 1 is 1.37 bits per heavy atom. The van der Waals surface area contributed by atoms with Crippen LogP contribution in [0.5, 0.6) is 0 Å². The van der Waals surface area contributed by atoms with Gasteiger partial charge in [0.25, 0.3) is 0 Å². The second kappa shape index (κ2) is 5.80. The van der Waals surface area contributed by atoms with Crippen molar-refractivity contribution in [3.63, 3.8) is 0 Å². The molecule has 2 aromatic rings. The lowest BCUT2D eigenvalue weighted by Crippen LogP contribution is -2.31. The first kappa shape index (κ1) is 12.8. The van der Waals surface area contributed by atoms with Gasteiger partial charge in [-0.25, -0.2) is 4.68 Å². The second-order valence-electron chi connectivity index (χ2n) is 5.00. The van der Waals surface area contributed by atoms with Crippen molar-refractivity contribution in [1.29, 1.82) is 0 Å². The third kappa shape index (κ3) is 3.01. The van der Waals surface area contributed by atoms with Crippen LogP contribution >= 0.6 is 11.8 Å². The third-order valence-electron chi connectivity index (χ3n) is 3.54. The van der Waals surface area contributed by atoms with Gasteiger partial charge in [-0.1, -0.05) is 18.2 Å². The van der Waals surface area contributed by atoms with E-state index >= 15 is 0 Å². The lowest BCUT2D eigenvalue weighted by molar-refractivity contribution is 0.486. The predicted molar refractivity (Wildman–Crippen MR) is 80.8 cm³/mol. The molecule has 4 heteroatoms. The molecule has 1 aromatic carbocycles. The predicted octanol–water partition coefficient (Wildman–Crippen LogP) is 3.03. The van der Waals surface area contributed by atoms with E-state index in [0.29, 0.717) is 12.1 Å². The van der Waals surface area contributed by atoms with Crippen molar-refractivity contribution < 1.29 is 0 Å². The first-order chi connectivity index (χ1) is 9.33. The maximum Gasteiger partial charge on any atom is 0.0645 e. The minimum atomic E-state index is 0.362. The highest BCUT2D eigenvalue weighted by Gasteiger charge is 2.18. The van der Waals surface area contributed by atoms with Crippen LogP contribution in [0.2, 0.25) is 0 Å². The quantitative estimate of drug-likeness (QED) is 0.928. The molecule has 0 radical (unpaired) electrons. The summed E-state index contributed by atoms with van der Waals surface area (Å²) in [6.45, 7) is 2.22. The Labute approximate surface area is 118 Å². The molecule has 0 bridgehead atoms. The fourth-order valence-corrected chi connectivity index (χ4v) is 3.56. The third-order valence-corrected chi connectivity index (χ3v) is 4.70. The summed E-state index contributed by atoms with van der Waals surface area (Å²) in [6, 6.07) is 11.3. The molecule has 3 nitrogen and oxygen atoms in total. The molecule has 3 rings (SSSR count). The van der Waals surface area contributed by atoms with Crippen LogP contribution in [0, 0.1) is 0 Å². The Balaban J connectivity index is 1.70. The van der Waals surface area contributed by atoms with E-state index < -0.39 is 0 Å². The molecule has 1 aromatic heterocycles. The number of hydrogen-bond donors (Lipinski definition) is 1. The topological polar surface area (TPSA) is 29.9 Å². The van der Waals surface area contributed by atoms with Crippen LogP contribution in [0.3, 0.4) is 0 Å². The number of aromatic nitrogens is 2. The van der Waals surface area contributed by atoms with Crippen LogP contribution in [-0.4, -0.2) is 27.3 Å². The number of rotatable bonds is 4. The average molecular weight is 273 g/mol. The number of benzene rings is 1. The van der Waals surface area contributed by atoms with Crippen molar-refractivity contribution in [3.8, 4) is 5.69 Å². The molecular formula is C15H19N3S. The molecule has 0 amide bonds. The van der Waals surface area contributed by atoms with Gasteiger partial charge in [0.1, 0.15) is 0 Å². The summed E-state index contributed by atoms with van der Waals surface area (Å²) in [4.78, 5) is 0. The lowest BCUT2D eigenvalue weighted by Gasteiger charge is -2.17. The summed E-state index contributed by atoms with van der Waals surface area (Å²) in [5, 5.41) is 8.14. The molecule has 2 atom stereocenters. The molecular weight excluding hydrogens is 254 g/mol. The SMILES string of the molecule is CC(NC1CCSC1)c1cnn(-c2ccccc2)c1. The van der Waals surface area contributed by atoms with E-state index in [-0.39, 0.29) is 0 Å². The summed E-state index contributed by atoms with van der Waals surface area (Å²) in [5.41, 5.74) is 2.36. The largest absolute Gasteiger partial charge is 0.306 e. The van der Waals surface area contributed by atoms with Crippen LogP contribution < -0.4 is 5.32 Å². The smallest absolute Gasteiger partial charge is 0.0645 e. The van der Waals surface area contributed by atoms with E-state index in [4.69, 9.17) is 0 Å². The highest BCUT2D eigenvalue weighted by atomic mass is 32.2. The molecule has 19 heavy (non-hydrogen) atoms. The van der Waals surface area contributed by atoms with Crippen molar-refractivity contribution >= 4 is 11.8 Å². The molecule has 1 saturated heterocycles. The Hall–Kier alpha value is -1.26. The Morgan fingerprint density at radius 2 is 2.21 bits per heavy atom. The Kier molecular flexibility index (Phi) is 3.89. The molecule has 1 fully saturated rings. The van der Waals surface area contributed by atoms with E-state index in [9.17, 15) is 0 Å². The van der Waals surface area contributed by atoms with Crippen molar-refractivity contribution in [3.05, 3.63) is 48.3 Å². The van der Waals surface area contributed by atoms with Crippen LogP contribution in [0.1, 0.15) is 24.9 Å². The average Bonchev–Trinajstić information content (AvgIpc) is 3.10. The molecule has 2 heterocycles. The van der Waals surface area contributed by atoms with Crippen molar-refractivity contribution in [1.82, 2.24) is 15.1 Å². The van der Waals surface area contributed by atoms with E-state index in [1.54, 1.807) is 0 Å². The summed E-state index contributed by atoms with van der Waals surface area (Å²) in [6.07, 6.45) is 5.36. The molecule has 100 valence electrons. The highest BCUT2D eigenvalue weighted by molar-refractivity contribution is 7.99. The van der Waals surface area contributed by atoms with Crippen molar-refractivity contribution in [2.24, 2.45) is 0 Å².